The molecule has 1 saturated heterocycles. The van der Waals surface area contributed by atoms with Crippen molar-refractivity contribution in [1.82, 2.24) is 34.7 Å². The Hall–Kier alpha value is -4.64. The van der Waals surface area contributed by atoms with Gasteiger partial charge in [-0.2, -0.15) is 4.98 Å². The molecule has 1 fully saturated rings. The number of carbonyl (C=O) groups is 1. The predicted molar refractivity (Wildman–Crippen MR) is 143 cm³/mol. The highest BCUT2D eigenvalue weighted by Crippen LogP contribution is 2.20. The van der Waals surface area contributed by atoms with Gasteiger partial charge < -0.3 is 25.8 Å². The zero-order valence-electron chi connectivity index (χ0n) is 20.7. The van der Waals surface area contributed by atoms with E-state index in [2.05, 4.69) is 52.8 Å². The summed E-state index contributed by atoms with van der Waals surface area (Å²) in [4.78, 5) is 38.7. The summed E-state index contributed by atoms with van der Waals surface area (Å²) in [7, 11) is 2.06. The molecule has 0 bridgehead atoms. The van der Waals surface area contributed by atoms with Gasteiger partial charge in [0, 0.05) is 55.6 Å². The van der Waals surface area contributed by atoms with Gasteiger partial charge in [-0.25, -0.2) is 24.7 Å². The lowest BCUT2D eigenvalue weighted by atomic mass is 10.3. The van der Waals surface area contributed by atoms with Crippen LogP contribution in [0.1, 0.15) is 5.69 Å². The van der Waals surface area contributed by atoms with E-state index in [0.717, 1.165) is 43.2 Å². The van der Waals surface area contributed by atoms with Gasteiger partial charge in [-0.05, 0) is 62.5 Å². The number of aromatic nitrogens is 5. The smallest absolute Gasteiger partial charge is 0.321 e. The Morgan fingerprint density at radius 1 is 0.784 bits per heavy atom. The van der Waals surface area contributed by atoms with E-state index in [9.17, 15) is 4.79 Å². The summed E-state index contributed by atoms with van der Waals surface area (Å²) in [6, 6.07) is 16.6. The summed E-state index contributed by atoms with van der Waals surface area (Å²) in [6.07, 6.45) is 3.34. The predicted octanol–water partition coefficient (Wildman–Crippen LogP) is 3.90. The number of aryl methyl sites for hydroxylation is 1. The van der Waals surface area contributed by atoms with Crippen molar-refractivity contribution in [3.63, 3.8) is 0 Å². The van der Waals surface area contributed by atoms with E-state index >= 15 is 0 Å². The largest absolute Gasteiger partial charge is 0.325 e. The number of hydrogen-bond acceptors (Lipinski definition) is 9. The topological polar surface area (TPSA) is 124 Å². The molecule has 11 nitrogen and oxygen atoms in total. The van der Waals surface area contributed by atoms with E-state index in [1.54, 1.807) is 24.5 Å². The molecule has 0 unspecified atom stereocenters. The lowest BCUT2D eigenvalue weighted by Gasteiger charge is -2.32. The maximum atomic E-state index is 12.5. The fourth-order valence-electron chi connectivity index (χ4n) is 3.82. The first-order valence-corrected chi connectivity index (χ1v) is 12.0. The van der Waals surface area contributed by atoms with Crippen LogP contribution in [-0.4, -0.2) is 74.0 Å². The number of nitrogens with zero attached hydrogens (tertiary/aromatic N) is 7. The van der Waals surface area contributed by atoms with Gasteiger partial charge in [-0.1, -0.05) is 6.07 Å². The molecule has 2 amide bonds. The molecule has 3 N–H and O–H groups in total. The molecule has 0 aliphatic carbocycles. The number of piperazine rings is 1. The number of amides is 2. The number of likely N-dealkylation sites (N-methyl/N-ethyl adjacent to an activating group) is 1. The summed E-state index contributed by atoms with van der Waals surface area (Å²) in [5.74, 6) is 2.13. The fourth-order valence-corrected chi connectivity index (χ4v) is 3.82. The highest BCUT2D eigenvalue weighted by molar-refractivity contribution is 5.89. The molecule has 0 saturated carbocycles. The Labute approximate surface area is 215 Å². The van der Waals surface area contributed by atoms with Crippen LogP contribution in [0, 0.1) is 6.92 Å². The van der Waals surface area contributed by atoms with Crippen molar-refractivity contribution in [3.05, 3.63) is 72.7 Å². The number of urea groups is 1. The lowest BCUT2D eigenvalue weighted by Crippen LogP contribution is -2.48. The third kappa shape index (κ3) is 6.33. The highest BCUT2D eigenvalue weighted by Gasteiger charge is 2.18. The third-order valence-corrected chi connectivity index (χ3v) is 5.87. The molecule has 0 radical (unpaired) electrons. The minimum atomic E-state index is -0.0815. The van der Waals surface area contributed by atoms with Crippen molar-refractivity contribution in [2.24, 2.45) is 0 Å². The van der Waals surface area contributed by atoms with Gasteiger partial charge in [0.2, 0.25) is 5.95 Å². The van der Waals surface area contributed by atoms with E-state index in [0.29, 0.717) is 29.1 Å². The molecule has 3 aromatic heterocycles. The minimum absolute atomic E-state index is 0.0815. The number of anilines is 5. The molecule has 0 atom stereocenters. The number of pyridine rings is 1. The molecule has 4 heterocycles. The van der Waals surface area contributed by atoms with Crippen molar-refractivity contribution in [2.75, 3.05) is 49.2 Å². The molecule has 37 heavy (non-hydrogen) atoms. The molecule has 5 rings (SSSR count). The lowest BCUT2D eigenvalue weighted by molar-refractivity contribution is 0.164. The Kier molecular flexibility index (Phi) is 7.13. The van der Waals surface area contributed by atoms with Crippen LogP contribution in [0.15, 0.2) is 67.0 Å². The van der Waals surface area contributed by atoms with E-state index in [1.165, 1.54) is 0 Å². The summed E-state index contributed by atoms with van der Waals surface area (Å²) < 4.78 is 0. The Morgan fingerprint density at radius 2 is 1.49 bits per heavy atom. The van der Waals surface area contributed by atoms with Gasteiger partial charge in [-0.15, -0.1) is 0 Å². The van der Waals surface area contributed by atoms with E-state index in [4.69, 9.17) is 0 Å². The third-order valence-electron chi connectivity index (χ3n) is 5.87. The average molecular weight is 497 g/mol. The molecule has 1 aliphatic heterocycles. The second-order valence-corrected chi connectivity index (χ2v) is 8.74. The van der Waals surface area contributed by atoms with Crippen molar-refractivity contribution in [1.29, 1.82) is 0 Å². The Morgan fingerprint density at radius 3 is 2.24 bits per heavy atom. The maximum Gasteiger partial charge on any atom is 0.321 e. The first-order chi connectivity index (χ1) is 18.0. The van der Waals surface area contributed by atoms with E-state index in [-0.39, 0.29) is 6.03 Å². The van der Waals surface area contributed by atoms with Crippen LogP contribution in [0.25, 0.3) is 11.5 Å². The Bertz CT molecular complexity index is 1370. The molecular weight excluding hydrogens is 468 g/mol. The first-order valence-electron chi connectivity index (χ1n) is 12.0. The molecule has 4 aromatic rings. The van der Waals surface area contributed by atoms with Crippen LogP contribution >= 0.6 is 0 Å². The van der Waals surface area contributed by atoms with E-state index < -0.39 is 0 Å². The first kappa shape index (κ1) is 24.1. The van der Waals surface area contributed by atoms with E-state index in [1.807, 2.05) is 54.3 Å². The van der Waals surface area contributed by atoms with Gasteiger partial charge in [0.05, 0.1) is 0 Å². The monoisotopic (exact) mass is 496 g/mol. The number of nitrogens with one attached hydrogen (secondary N) is 3. The van der Waals surface area contributed by atoms with Crippen LogP contribution < -0.4 is 16.0 Å². The summed E-state index contributed by atoms with van der Waals surface area (Å²) in [5.41, 5.74) is 3.13. The number of carbonyl (C=O) groups excluding carboxylic acids is 1. The standard InChI is InChI=1S/C26H28N10O/c1-18-4-3-5-21(29-18)24-27-12-10-22(33-24)32-23-11-13-28-25(34-23)30-19-6-8-20(9-7-19)31-26(37)36-16-14-35(2)15-17-36/h3-13H,14-17H2,1-2H3,(H,31,37)(H2,27,28,30,32,33,34). The molecular formula is C26H28N10O. The molecule has 0 spiro atoms. The highest BCUT2D eigenvalue weighted by atomic mass is 16.2. The molecule has 1 aliphatic rings. The SMILES string of the molecule is Cc1cccc(-c2nccc(Nc3ccnc(Nc4ccc(NC(=O)N5CCN(C)CC5)cc4)n3)n2)n1. The van der Waals surface area contributed by atoms with Crippen molar-refractivity contribution in [2.45, 2.75) is 6.92 Å². The zero-order chi connectivity index (χ0) is 25.6. The number of benzene rings is 1. The normalized spacial score (nSPS) is 13.7. The second-order valence-electron chi connectivity index (χ2n) is 8.74. The minimum Gasteiger partial charge on any atom is -0.325 e. The van der Waals surface area contributed by atoms with Crippen LogP contribution in [-0.2, 0) is 0 Å². The van der Waals surface area contributed by atoms with Gasteiger partial charge in [0.1, 0.15) is 17.3 Å². The van der Waals surface area contributed by atoms with Gasteiger partial charge in [0.25, 0.3) is 0 Å². The number of rotatable bonds is 6. The fraction of sp³-hybridized carbons (Fsp3) is 0.231. The Balaban J connectivity index is 1.21. The maximum absolute atomic E-state index is 12.5. The van der Waals surface area contributed by atoms with Crippen molar-refractivity contribution >= 4 is 35.0 Å². The van der Waals surface area contributed by atoms with Crippen LogP contribution in [0.5, 0.6) is 0 Å². The summed E-state index contributed by atoms with van der Waals surface area (Å²) in [6.45, 7) is 5.14. The quantitative estimate of drug-likeness (QED) is 0.364. The second kappa shape index (κ2) is 11.0. The van der Waals surface area contributed by atoms with Crippen LogP contribution in [0.4, 0.5) is 33.8 Å². The summed E-state index contributed by atoms with van der Waals surface area (Å²) >= 11 is 0. The van der Waals surface area contributed by atoms with Crippen LogP contribution in [0.2, 0.25) is 0 Å². The molecule has 11 heteroatoms. The average Bonchev–Trinajstić information content (AvgIpc) is 2.91. The molecule has 1 aromatic carbocycles. The van der Waals surface area contributed by atoms with Crippen molar-refractivity contribution < 1.29 is 4.79 Å². The zero-order valence-corrected chi connectivity index (χ0v) is 20.7. The van der Waals surface area contributed by atoms with Crippen molar-refractivity contribution in [3.8, 4) is 11.5 Å². The molecule has 188 valence electrons. The van der Waals surface area contributed by atoms with Crippen LogP contribution in [0.3, 0.4) is 0 Å². The van der Waals surface area contributed by atoms with Gasteiger partial charge in [-0.3, -0.25) is 0 Å². The van der Waals surface area contributed by atoms with Gasteiger partial charge >= 0.3 is 6.03 Å². The van der Waals surface area contributed by atoms with Gasteiger partial charge in [0.15, 0.2) is 5.82 Å². The number of hydrogen-bond donors (Lipinski definition) is 3. The summed E-state index contributed by atoms with van der Waals surface area (Å²) in [5, 5.41) is 9.34.